The Labute approximate surface area is 355 Å². The molecule has 0 saturated carbocycles. The van der Waals surface area contributed by atoms with Gasteiger partial charge in [0.1, 0.15) is 12.1 Å². The van der Waals surface area contributed by atoms with Gasteiger partial charge in [-0.1, -0.05) is 0 Å². The van der Waals surface area contributed by atoms with Crippen molar-refractivity contribution in [2.24, 2.45) is 0 Å². The highest BCUT2D eigenvalue weighted by Gasteiger charge is 2.84. The highest BCUT2D eigenvalue weighted by Crippen LogP contribution is 2.55. The standard InChI is InChI=1S/C26H27F25N2O12S2/c1-16(27,21(37,38)39)24(46,47)63-12(17(28,29)30)6-52-10(14(54)55)8-66(58,59)4-2-62-3-5-67(60,61)9-11(15(56)57)53-7-13(18(31,32)33)64-26(50,51)20(36,23(43,44)45)65-25(48,49)19(34,35)22(40,41)42/h10-13,52-53H,2-9H2,1H3,(H,54,55)(H,56,57). The van der Waals surface area contributed by atoms with Gasteiger partial charge < -0.3 is 35.1 Å². The van der Waals surface area contributed by atoms with Crippen molar-refractivity contribution >= 4 is 31.6 Å². The molecule has 67 heavy (non-hydrogen) atoms. The lowest BCUT2D eigenvalue weighted by Gasteiger charge is -2.39. The van der Waals surface area contributed by atoms with Crippen LogP contribution < -0.4 is 10.6 Å². The summed E-state index contributed by atoms with van der Waals surface area (Å²) < 4.78 is 392. The number of aliphatic carboxylic acids is 2. The van der Waals surface area contributed by atoms with Crippen molar-refractivity contribution in [3.05, 3.63) is 0 Å². The van der Waals surface area contributed by atoms with E-state index in [2.05, 4.69) is 14.2 Å². The molecule has 400 valence electrons. The van der Waals surface area contributed by atoms with Gasteiger partial charge in [0, 0.05) is 13.1 Å². The van der Waals surface area contributed by atoms with Gasteiger partial charge in [0.2, 0.25) is 0 Å². The molecule has 6 unspecified atom stereocenters. The molecule has 0 saturated heterocycles. The van der Waals surface area contributed by atoms with Gasteiger partial charge in [0.15, 0.2) is 31.9 Å². The number of ether oxygens (including phenoxy) is 4. The average Bonchev–Trinajstić information content (AvgIpc) is 3.07. The van der Waals surface area contributed by atoms with E-state index in [-0.39, 0.29) is 0 Å². The first-order chi connectivity index (χ1) is 29.1. The van der Waals surface area contributed by atoms with Crippen molar-refractivity contribution < 1.29 is 165 Å². The molecule has 0 heterocycles. The van der Waals surface area contributed by atoms with Gasteiger partial charge in [-0.3, -0.25) is 14.3 Å². The lowest BCUT2D eigenvalue weighted by molar-refractivity contribution is -0.539. The van der Waals surface area contributed by atoms with Crippen LogP contribution in [-0.4, -0.2) is 179 Å². The van der Waals surface area contributed by atoms with E-state index in [0.717, 1.165) is 5.32 Å². The van der Waals surface area contributed by atoms with Crippen molar-refractivity contribution in [1.82, 2.24) is 10.6 Å². The first-order valence-corrected chi connectivity index (χ1v) is 20.0. The molecule has 0 aromatic rings. The fourth-order valence-corrected chi connectivity index (χ4v) is 6.54. The Balaban J connectivity index is 5.87. The Kier molecular flexibility index (Phi) is 20.1. The van der Waals surface area contributed by atoms with E-state index in [4.69, 9.17) is 10.2 Å². The SMILES string of the molecule is CC(F)(C(F)(F)F)C(F)(F)OC(CNC(CS(=O)(=O)CCOCCS(=O)(=O)CC(NCC(OC(F)(F)C(F)(OC(F)(F)C(F)(F)C(F)(F)F)C(F)(F)F)C(F)(F)F)C(=O)O)C(=O)O)C(F)(F)F. The number of sulfone groups is 2. The zero-order valence-electron chi connectivity index (χ0n) is 31.7. The molecule has 0 rings (SSSR count). The summed E-state index contributed by atoms with van der Waals surface area (Å²) in [6, 6.07) is -5.82. The molecule has 0 bridgehead atoms. The van der Waals surface area contributed by atoms with Crippen LogP contribution in [0.2, 0.25) is 0 Å². The van der Waals surface area contributed by atoms with Crippen LogP contribution in [0.15, 0.2) is 0 Å². The second-order valence-corrected chi connectivity index (χ2v) is 17.5. The highest BCUT2D eigenvalue weighted by molar-refractivity contribution is 7.91. The number of rotatable bonds is 27. The first-order valence-electron chi connectivity index (χ1n) is 16.3. The average molecular weight is 1100 g/mol. The normalized spacial score (nSPS) is 18.4. The minimum absolute atomic E-state index is 0.923. The van der Waals surface area contributed by atoms with Crippen molar-refractivity contribution in [3.8, 4) is 0 Å². The smallest absolute Gasteiger partial charge is 0.462 e. The zero-order chi connectivity index (χ0) is 53.9. The summed E-state index contributed by atoms with van der Waals surface area (Å²) in [7, 11) is -10.1. The maximum absolute atomic E-state index is 14.4. The summed E-state index contributed by atoms with van der Waals surface area (Å²) >= 11 is 0. The van der Waals surface area contributed by atoms with Crippen LogP contribution >= 0.6 is 0 Å². The molecule has 0 fully saturated rings. The number of halogens is 25. The number of nitrogens with one attached hydrogen (secondary N) is 2. The zero-order valence-corrected chi connectivity index (χ0v) is 33.3. The minimum atomic E-state index is -8.03. The largest absolute Gasteiger partial charge is 0.480 e. The van der Waals surface area contributed by atoms with Crippen LogP contribution in [0.4, 0.5) is 110 Å². The van der Waals surface area contributed by atoms with E-state index in [1.807, 2.05) is 0 Å². The summed E-state index contributed by atoms with van der Waals surface area (Å²) in [5, 5.41) is 20.4. The molecule has 14 nitrogen and oxygen atoms in total. The summed E-state index contributed by atoms with van der Waals surface area (Å²) in [6.07, 6.45) is -66.1. The van der Waals surface area contributed by atoms with E-state index in [1.54, 1.807) is 0 Å². The Bertz CT molecular complexity index is 1890. The van der Waals surface area contributed by atoms with Crippen LogP contribution in [0.25, 0.3) is 0 Å². The third kappa shape index (κ3) is 17.0. The van der Waals surface area contributed by atoms with E-state index >= 15 is 0 Å². The van der Waals surface area contributed by atoms with Crippen LogP contribution in [0.5, 0.6) is 0 Å². The highest BCUT2D eigenvalue weighted by atomic mass is 32.2. The number of alkyl halides is 25. The molecule has 41 heteroatoms. The van der Waals surface area contributed by atoms with Crippen LogP contribution in [0, 0.1) is 0 Å². The first kappa shape index (κ1) is 63.8. The molecule has 0 aliphatic carbocycles. The number of hydrogen-bond donors (Lipinski definition) is 4. The van der Waals surface area contributed by atoms with E-state index in [1.165, 1.54) is 10.1 Å². The molecular formula is C26H27F25N2O12S2. The Morgan fingerprint density at radius 2 is 0.836 bits per heavy atom. The molecule has 0 spiro atoms. The van der Waals surface area contributed by atoms with Gasteiger partial charge in [-0.05, 0) is 6.92 Å². The molecule has 0 amide bonds. The Hall–Kier alpha value is -3.15. The van der Waals surface area contributed by atoms with E-state index < -0.39 is 179 Å². The second-order valence-electron chi connectivity index (χ2n) is 13.1. The summed E-state index contributed by atoms with van der Waals surface area (Å²) in [6.45, 7) is -8.53. The summed E-state index contributed by atoms with van der Waals surface area (Å²) in [5.74, 6) is -27.9. The van der Waals surface area contributed by atoms with Crippen LogP contribution in [0.3, 0.4) is 0 Å². The van der Waals surface area contributed by atoms with E-state index in [0.29, 0.717) is 0 Å². The quantitative estimate of drug-likeness (QED) is 0.0608. The molecule has 0 radical (unpaired) electrons. The monoisotopic (exact) mass is 1100 g/mol. The number of hydrogen-bond acceptors (Lipinski definition) is 12. The molecule has 6 atom stereocenters. The fourth-order valence-electron chi connectivity index (χ4n) is 3.93. The third-order valence-corrected chi connectivity index (χ3v) is 11.0. The van der Waals surface area contributed by atoms with Crippen LogP contribution in [0.1, 0.15) is 6.92 Å². The fraction of sp³-hybridized carbons (Fsp3) is 0.923. The van der Waals surface area contributed by atoms with Crippen molar-refractivity contribution in [3.63, 3.8) is 0 Å². The Morgan fingerprint density at radius 1 is 0.507 bits per heavy atom. The molecule has 0 aliphatic heterocycles. The number of carboxylic acid groups (broad SMARTS) is 2. The molecule has 0 aliphatic rings. The molecule has 0 aromatic heterocycles. The Morgan fingerprint density at radius 3 is 1.10 bits per heavy atom. The van der Waals surface area contributed by atoms with Gasteiger partial charge in [-0.15, -0.1) is 0 Å². The van der Waals surface area contributed by atoms with Crippen LogP contribution in [-0.2, 0) is 48.2 Å². The van der Waals surface area contributed by atoms with Crippen molar-refractivity contribution in [1.29, 1.82) is 0 Å². The molecule has 0 aromatic carbocycles. The van der Waals surface area contributed by atoms with Crippen molar-refractivity contribution in [2.75, 3.05) is 49.3 Å². The van der Waals surface area contributed by atoms with Gasteiger partial charge >= 0.3 is 72.9 Å². The van der Waals surface area contributed by atoms with Gasteiger partial charge in [-0.2, -0.15) is 105 Å². The van der Waals surface area contributed by atoms with Crippen molar-refractivity contribution in [2.45, 2.75) is 97.9 Å². The maximum Gasteiger partial charge on any atom is 0.462 e. The summed E-state index contributed by atoms with van der Waals surface area (Å²) in [4.78, 5) is 22.9. The topological polar surface area (TPSA) is 204 Å². The number of carboxylic acids is 2. The minimum Gasteiger partial charge on any atom is -0.480 e. The number of carbonyl (C=O) groups is 2. The summed E-state index contributed by atoms with van der Waals surface area (Å²) in [5.41, 5.74) is -5.78. The predicted molar refractivity (Wildman–Crippen MR) is 161 cm³/mol. The van der Waals surface area contributed by atoms with Gasteiger partial charge in [-0.25, -0.2) is 21.2 Å². The lowest BCUT2D eigenvalue weighted by atomic mass is 10.1. The molecular weight excluding hydrogens is 1070 g/mol. The van der Waals surface area contributed by atoms with Gasteiger partial charge in [0.05, 0.1) is 36.2 Å². The van der Waals surface area contributed by atoms with E-state index in [9.17, 15) is 136 Å². The lowest BCUT2D eigenvalue weighted by Crippen LogP contribution is -2.66. The maximum atomic E-state index is 14.4. The molecule has 4 N–H and O–H groups in total. The van der Waals surface area contributed by atoms with Gasteiger partial charge in [0.25, 0.3) is 5.67 Å². The predicted octanol–water partition coefficient (Wildman–Crippen LogP) is 5.32. The second kappa shape index (κ2) is 21.1. The third-order valence-electron chi connectivity index (χ3n) is 7.73.